The van der Waals surface area contributed by atoms with E-state index in [1.165, 1.54) is 0 Å². The largest absolute Gasteiger partial charge is 0.478 e. The van der Waals surface area contributed by atoms with Gasteiger partial charge in [-0.1, -0.05) is 146 Å². The van der Waals surface area contributed by atoms with Crippen molar-refractivity contribution in [2.24, 2.45) is 0 Å². The summed E-state index contributed by atoms with van der Waals surface area (Å²) < 4.78 is 14.2. The summed E-state index contributed by atoms with van der Waals surface area (Å²) in [7, 11) is 0. The smallest absolute Gasteiger partial charge is 0.336 e. The predicted molar refractivity (Wildman–Crippen MR) is 249 cm³/mol. The fraction of sp³-hybridized carbons (Fsp3) is 0.0357. The molecule has 0 aromatic heterocycles. The molecule has 0 saturated carbocycles. The maximum absolute atomic E-state index is 12.6. The molecule has 0 atom stereocenters. The molecule has 0 heterocycles. The highest BCUT2D eigenvalue weighted by atomic mass is 16.5. The van der Waals surface area contributed by atoms with Gasteiger partial charge in [-0.2, -0.15) is 0 Å². The molecular weight excluding hydrogens is 769 g/mol. The van der Waals surface area contributed by atoms with E-state index in [0.29, 0.717) is 50.1 Å². The van der Waals surface area contributed by atoms with Crippen molar-refractivity contribution < 1.29 is 29.3 Å². The lowest BCUT2D eigenvalue weighted by Gasteiger charge is -2.22. The van der Waals surface area contributed by atoms with Crippen LogP contribution >= 0.6 is 0 Å². The van der Waals surface area contributed by atoms with E-state index in [0.717, 1.165) is 60.5 Å². The summed E-state index contributed by atoms with van der Waals surface area (Å²) in [6.45, 7) is 3.73. The van der Waals surface area contributed by atoms with E-state index in [1.807, 2.05) is 105 Å². The Labute approximate surface area is 357 Å². The molecule has 0 aliphatic rings. The summed E-state index contributed by atoms with van der Waals surface area (Å²) in [5, 5.41) is 26.7. The van der Waals surface area contributed by atoms with Crippen LogP contribution in [0.25, 0.3) is 76.5 Å². The van der Waals surface area contributed by atoms with Crippen LogP contribution in [0, 0.1) is 13.8 Å². The normalized spacial score (nSPS) is 11.3. The second kappa shape index (κ2) is 15.4. The van der Waals surface area contributed by atoms with Gasteiger partial charge in [0.25, 0.3) is 0 Å². The molecule has 298 valence electrons. The van der Waals surface area contributed by atoms with Crippen molar-refractivity contribution in [3.8, 4) is 56.4 Å². The van der Waals surface area contributed by atoms with Crippen LogP contribution in [0.4, 0.5) is 0 Å². The Bertz CT molecular complexity index is 3430. The van der Waals surface area contributed by atoms with Crippen LogP contribution in [-0.2, 0) is 0 Å². The van der Waals surface area contributed by atoms with Gasteiger partial charge < -0.3 is 19.7 Å². The number of rotatable bonds is 9. The number of carbonyl (C=O) groups is 2. The topological polar surface area (TPSA) is 93.1 Å². The Morgan fingerprint density at radius 2 is 0.871 bits per heavy atom. The quantitative estimate of drug-likeness (QED) is 0.151. The fourth-order valence-corrected chi connectivity index (χ4v) is 8.77. The minimum Gasteiger partial charge on any atom is -0.478 e. The SMILES string of the molecule is Cc1c(C)c(C(=O)O)c2ccccc2c1Oc1ccc2cc(-c3ccccc3)ccc2c1-c1c(Oc2ccc(C(=O)O)c3ccccc23)ccc2cc(-c3ccccc3)ccc12. The molecule has 0 spiro atoms. The maximum atomic E-state index is 12.6. The van der Waals surface area contributed by atoms with Crippen molar-refractivity contribution in [3.05, 3.63) is 204 Å². The zero-order chi connectivity index (χ0) is 42.5. The Morgan fingerprint density at radius 1 is 0.387 bits per heavy atom. The zero-order valence-electron chi connectivity index (χ0n) is 33.8. The molecule has 6 nitrogen and oxygen atoms in total. The molecule has 6 heteroatoms. The van der Waals surface area contributed by atoms with Crippen LogP contribution in [0.15, 0.2) is 182 Å². The molecule has 62 heavy (non-hydrogen) atoms. The summed E-state index contributed by atoms with van der Waals surface area (Å²) in [5.41, 5.74) is 7.64. The third-order valence-electron chi connectivity index (χ3n) is 11.9. The minimum absolute atomic E-state index is 0.186. The van der Waals surface area contributed by atoms with Gasteiger partial charge in [-0.3, -0.25) is 0 Å². The van der Waals surface area contributed by atoms with Gasteiger partial charge in [0.1, 0.15) is 23.0 Å². The van der Waals surface area contributed by atoms with E-state index in [2.05, 4.69) is 72.8 Å². The van der Waals surface area contributed by atoms with Crippen molar-refractivity contribution in [1.29, 1.82) is 0 Å². The molecule has 0 fully saturated rings. The monoisotopic (exact) mass is 806 g/mol. The summed E-state index contributed by atoms with van der Waals surface area (Å²) in [5.74, 6) is 0.148. The summed E-state index contributed by atoms with van der Waals surface area (Å²) in [6.07, 6.45) is 0. The molecule has 0 bridgehead atoms. The lowest BCUT2D eigenvalue weighted by molar-refractivity contribution is 0.0687. The van der Waals surface area contributed by atoms with Crippen LogP contribution in [0.3, 0.4) is 0 Å². The molecule has 2 N–H and O–H groups in total. The van der Waals surface area contributed by atoms with Crippen molar-refractivity contribution in [2.75, 3.05) is 0 Å². The highest BCUT2D eigenvalue weighted by Crippen LogP contribution is 2.50. The number of fused-ring (bicyclic) bond motifs is 4. The van der Waals surface area contributed by atoms with E-state index < -0.39 is 11.9 Å². The summed E-state index contributed by atoms with van der Waals surface area (Å²) >= 11 is 0. The van der Waals surface area contributed by atoms with E-state index >= 15 is 0 Å². The summed E-state index contributed by atoms with van der Waals surface area (Å²) in [6, 6.07) is 59.6. The molecule has 0 amide bonds. The first kappa shape index (κ1) is 38.0. The Morgan fingerprint density at radius 3 is 1.42 bits per heavy atom. The van der Waals surface area contributed by atoms with E-state index in [4.69, 9.17) is 9.47 Å². The van der Waals surface area contributed by atoms with Crippen LogP contribution in [0.5, 0.6) is 23.0 Å². The average molecular weight is 807 g/mol. The van der Waals surface area contributed by atoms with Gasteiger partial charge in [-0.15, -0.1) is 0 Å². The summed E-state index contributed by atoms with van der Waals surface area (Å²) in [4.78, 5) is 25.0. The van der Waals surface area contributed by atoms with E-state index in [-0.39, 0.29) is 11.1 Å². The highest BCUT2D eigenvalue weighted by molar-refractivity contribution is 6.12. The lowest BCUT2D eigenvalue weighted by Crippen LogP contribution is -2.05. The number of carboxylic acids is 2. The Hall–Kier alpha value is -8.22. The number of hydrogen-bond donors (Lipinski definition) is 2. The molecule has 0 aliphatic heterocycles. The molecule has 0 radical (unpaired) electrons. The standard InChI is InChI=1S/C56H38O6/c1-33-34(2)54(46-20-12-11-19-45(46)51(33)56(59)60)62-50-29-24-40-32-38(36-15-7-4-8-16-36)22-26-42(40)53(50)52-41-25-21-37(35-13-5-3-6-14-35)31-39(41)23-28-49(52)61-48-30-27-47(55(57)58)43-17-9-10-18-44(43)48/h3-32H,1-2H3,(H,57,58)(H,59,60). The van der Waals surface area contributed by atoms with Gasteiger partial charge in [0.05, 0.1) is 11.1 Å². The van der Waals surface area contributed by atoms with Crippen LogP contribution in [0.1, 0.15) is 31.8 Å². The minimum atomic E-state index is -1.02. The molecule has 10 aromatic carbocycles. The fourth-order valence-electron chi connectivity index (χ4n) is 8.77. The van der Waals surface area contributed by atoms with Gasteiger partial charge in [0, 0.05) is 27.3 Å². The number of benzene rings is 10. The van der Waals surface area contributed by atoms with Gasteiger partial charge in [-0.25, -0.2) is 9.59 Å². The third kappa shape index (κ3) is 6.55. The maximum Gasteiger partial charge on any atom is 0.336 e. The molecule has 0 unspecified atom stereocenters. The lowest BCUT2D eigenvalue weighted by atomic mass is 9.89. The van der Waals surface area contributed by atoms with Crippen molar-refractivity contribution in [1.82, 2.24) is 0 Å². The predicted octanol–water partition coefficient (Wildman–Crippen LogP) is 14.9. The first-order valence-corrected chi connectivity index (χ1v) is 20.4. The van der Waals surface area contributed by atoms with Gasteiger partial charge in [0.15, 0.2) is 0 Å². The highest BCUT2D eigenvalue weighted by Gasteiger charge is 2.25. The Balaban J connectivity index is 1.28. The molecular formula is C56H38O6. The molecule has 10 rings (SSSR count). The number of hydrogen-bond acceptors (Lipinski definition) is 4. The van der Waals surface area contributed by atoms with Crippen molar-refractivity contribution >= 4 is 55.0 Å². The van der Waals surface area contributed by atoms with Gasteiger partial charge in [0.2, 0.25) is 0 Å². The van der Waals surface area contributed by atoms with Crippen LogP contribution < -0.4 is 9.47 Å². The van der Waals surface area contributed by atoms with Crippen LogP contribution in [-0.4, -0.2) is 22.2 Å². The van der Waals surface area contributed by atoms with E-state index in [1.54, 1.807) is 18.2 Å². The second-order valence-electron chi connectivity index (χ2n) is 15.5. The Kier molecular flexibility index (Phi) is 9.46. The second-order valence-corrected chi connectivity index (χ2v) is 15.5. The van der Waals surface area contributed by atoms with Crippen LogP contribution in [0.2, 0.25) is 0 Å². The number of ether oxygens (including phenoxy) is 2. The van der Waals surface area contributed by atoms with E-state index in [9.17, 15) is 19.8 Å². The number of aromatic carboxylic acids is 2. The van der Waals surface area contributed by atoms with Crippen molar-refractivity contribution in [2.45, 2.75) is 13.8 Å². The van der Waals surface area contributed by atoms with Crippen molar-refractivity contribution in [3.63, 3.8) is 0 Å². The zero-order valence-corrected chi connectivity index (χ0v) is 33.8. The first-order valence-electron chi connectivity index (χ1n) is 20.4. The number of carboxylic acid groups (broad SMARTS) is 2. The van der Waals surface area contributed by atoms with Gasteiger partial charge >= 0.3 is 11.9 Å². The molecule has 0 saturated heterocycles. The molecule has 10 aromatic rings. The average Bonchev–Trinajstić information content (AvgIpc) is 3.30. The third-order valence-corrected chi connectivity index (χ3v) is 11.9. The first-order chi connectivity index (χ1) is 30.2. The molecule has 0 aliphatic carbocycles. The van der Waals surface area contributed by atoms with Gasteiger partial charge in [-0.05, 0) is 111 Å².